The number of carbonyl (C=O) groups is 1. The van der Waals surface area contributed by atoms with Crippen LogP contribution in [0.3, 0.4) is 0 Å². The molecule has 0 unspecified atom stereocenters. The lowest BCUT2D eigenvalue weighted by Gasteiger charge is -2.14. The number of nitrogens with one attached hydrogen (secondary N) is 2. The quantitative estimate of drug-likeness (QED) is 0.761. The van der Waals surface area contributed by atoms with Gasteiger partial charge in [-0.1, -0.05) is 13.0 Å². The zero-order valence-corrected chi connectivity index (χ0v) is 15.3. The molecule has 1 aromatic carbocycles. The van der Waals surface area contributed by atoms with Crippen LogP contribution in [0.5, 0.6) is 0 Å². The number of sulfonamides is 1. The van der Waals surface area contributed by atoms with E-state index >= 15 is 0 Å². The van der Waals surface area contributed by atoms with E-state index in [1.54, 1.807) is 0 Å². The molecule has 1 heterocycles. The summed E-state index contributed by atoms with van der Waals surface area (Å²) in [5.41, 5.74) is 0.247. The maximum atomic E-state index is 12.4. The second-order valence-corrected chi connectivity index (χ2v) is 9.97. The van der Waals surface area contributed by atoms with Gasteiger partial charge in [-0.15, -0.1) is 0 Å². The van der Waals surface area contributed by atoms with Crippen molar-refractivity contribution in [2.24, 2.45) is 0 Å². The van der Waals surface area contributed by atoms with Crippen LogP contribution in [0.1, 0.15) is 37.0 Å². The highest BCUT2D eigenvalue weighted by molar-refractivity contribution is 7.92. The molecular formula is C15H22N2O5S2. The summed E-state index contributed by atoms with van der Waals surface area (Å²) < 4.78 is 50.1. The SMILES string of the molecule is CC[C@@H](C)NC(=O)c1cccc(S(=O)(=O)N[C@H]2CCS(=O)(=O)C2)c1. The fourth-order valence-corrected chi connectivity index (χ4v) is 5.48. The molecule has 134 valence electrons. The van der Waals surface area contributed by atoms with Crippen molar-refractivity contribution in [3.05, 3.63) is 29.8 Å². The van der Waals surface area contributed by atoms with Crippen molar-refractivity contribution in [3.8, 4) is 0 Å². The average Bonchev–Trinajstić information content (AvgIpc) is 2.85. The van der Waals surface area contributed by atoms with E-state index in [1.165, 1.54) is 24.3 Å². The van der Waals surface area contributed by atoms with Crippen molar-refractivity contribution < 1.29 is 21.6 Å². The van der Waals surface area contributed by atoms with E-state index in [1.807, 2.05) is 13.8 Å². The van der Waals surface area contributed by atoms with E-state index in [0.717, 1.165) is 6.42 Å². The predicted octanol–water partition coefficient (Wildman–Crippen LogP) is 0.680. The van der Waals surface area contributed by atoms with E-state index in [9.17, 15) is 21.6 Å². The van der Waals surface area contributed by atoms with Gasteiger partial charge in [0.25, 0.3) is 5.91 Å². The van der Waals surface area contributed by atoms with Crippen LogP contribution in [0.25, 0.3) is 0 Å². The zero-order chi connectivity index (χ0) is 18.0. The van der Waals surface area contributed by atoms with Crippen LogP contribution in [-0.4, -0.2) is 46.3 Å². The smallest absolute Gasteiger partial charge is 0.251 e. The Morgan fingerprint density at radius 3 is 2.67 bits per heavy atom. The van der Waals surface area contributed by atoms with Gasteiger partial charge in [0.2, 0.25) is 10.0 Å². The van der Waals surface area contributed by atoms with Crippen LogP contribution in [0, 0.1) is 0 Å². The van der Waals surface area contributed by atoms with Crippen molar-refractivity contribution in [1.82, 2.24) is 10.0 Å². The van der Waals surface area contributed by atoms with Crippen LogP contribution in [0.4, 0.5) is 0 Å². The molecule has 0 radical (unpaired) electrons. The number of benzene rings is 1. The molecule has 0 bridgehead atoms. The van der Waals surface area contributed by atoms with Crippen molar-refractivity contribution in [2.75, 3.05) is 11.5 Å². The van der Waals surface area contributed by atoms with E-state index < -0.39 is 25.9 Å². The molecule has 1 amide bonds. The molecule has 1 aliphatic rings. The molecule has 1 aliphatic heterocycles. The third-order valence-electron chi connectivity index (χ3n) is 3.95. The third-order valence-corrected chi connectivity index (χ3v) is 7.24. The highest BCUT2D eigenvalue weighted by Gasteiger charge is 2.31. The van der Waals surface area contributed by atoms with Gasteiger partial charge in [0.1, 0.15) is 0 Å². The van der Waals surface area contributed by atoms with Gasteiger partial charge in [0.05, 0.1) is 16.4 Å². The number of hydrogen-bond acceptors (Lipinski definition) is 5. The Bertz CT molecular complexity index is 818. The number of hydrogen-bond donors (Lipinski definition) is 2. The molecular weight excluding hydrogens is 352 g/mol. The number of amides is 1. The molecule has 2 N–H and O–H groups in total. The van der Waals surface area contributed by atoms with Crippen molar-refractivity contribution in [2.45, 2.75) is 43.7 Å². The van der Waals surface area contributed by atoms with Gasteiger partial charge in [-0.05, 0) is 38.0 Å². The van der Waals surface area contributed by atoms with Crippen LogP contribution in [-0.2, 0) is 19.9 Å². The molecule has 24 heavy (non-hydrogen) atoms. The number of carbonyl (C=O) groups excluding carboxylic acids is 1. The molecule has 9 heteroatoms. The van der Waals surface area contributed by atoms with Gasteiger partial charge in [-0.2, -0.15) is 0 Å². The van der Waals surface area contributed by atoms with Crippen LogP contribution in [0.15, 0.2) is 29.2 Å². The monoisotopic (exact) mass is 374 g/mol. The van der Waals surface area contributed by atoms with Crippen molar-refractivity contribution in [3.63, 3.8) is 0 Å². The standard InChI is InChI=1S/C15H22N2O5S2/c1-3-11(2)16-15(18)12-5-4-6-14(9-12)24(21,22)17-13-7-8-23(19,20)10-13/h4-6,9,11,13,17H,3,7-8,10H2,1-2H3,(H,16,18)/t11-,13+/m1/s1. The van der Waals surface area contributed by atoms with Crippen LogP contribution in [0.2, 0.25) is 0 Å². The Hall–Kier alpha value is -1.45. The Balaban J connectivity index is 2.16. The molecule has 0 saturated carbocycles. The highest BCUT2D eigenvalue weighted by atomic mass is 32.2. The molecule has 2 atom stereocenters. The molecule has 1 fully saturated rings. The van der Waals surface area contributed by atoms with Crippen LogP contribution >= 0.6 is 0 Å². The largest absolute Gasteiger partial charge is 0.350 e. The first-order valence-electron chi connectivity index (χ1n) is 7.76. The summed E-state index contributed by atoms with van der Waals surface area (Å²) in [5.74, 6) is -0.553. The van der Waals surface area contributed by atoms with Gasteiger partial charge in [-0.25, -0.2) is 21.6 Å². The maximum absolute atomic E-state index is 12.4. The molecule has 1 saturated heterocycles. The first-order valence-corrected chi connectivity index (χ1v) is 11.1. The second-order valence-electron chi connectivity index (χ2n) is 6.03. The Morgan fingerprint density at radius 2 is 2.08 bits per heavy atom. The number of sulfone groups is 1. The Kier molecular flexibility index (Phi) is 5.67. The average molecular weight is 374 g/mol. The van der Waals surface area contributed by atoms with Gasteiger partial charge in [0.15, 0.2) is 9.84 Å². The van der Waals surface area contributed by atoms with Gasteiger partial charge in [-0.3, -0.25) is 4.79 Å². The molecule has 0 aromatic heterocycles. The number of rotatable bonds is 6. The predicted molar refractivity (Wildman–Crippen MR) is 91.0 cm³/mol. The summed E-state index contributed by atoms with van der Waals surface area (Å²) in [7, 11) is -7.06. The zero-order valence-electron chi connectivity index (χ0n) is 13.7. The van der Waals surface area contributed by atoms with E-state index in [0.29, 0.717) is 0 Å². The van der Waals surface area contributed by atoms with Crippen molar-refractivity contribution in [1.29, 1.82) is 0 Å². The summed E-state index contributed by atoms with van der Waals surface area (Å²) in [6.07, 6.45) is 1.02. The summed E-state index contributed by atoms with van der Waals surface area (Å²) in [4.78, 5) is 12.1. The first kappa shape index (κ1) is 18.9. The topological polar surface area (TPSA) is 109 Å². The van der Waals surface area contributed by atoms with Gasteiger partial charge in [0, 0.05) is 17.6 Å². The lowest BCUT2D eigenvalue weighted by atomic mass is 10.2. The molecule has 2 rings (SSSR count). The summed E-state index contributed by atoms with van der Waals surface area (Å²) in [5, 5.41) is 2.77. The van der Waals surface area contributed by atoms with Crippen LogP contribution < -0.4 is 10.0 Å². The van der Waals surface area contributed by atoms with Gasteiger partial charge >= 0.3 is 0 Å². The summed E-state index contributed by atoms with van der Waals surface area (Å²) in [6, 6.07) is 5.06. The Labute approximate surface area is 142 Å². The first-order chi connectivity index (χ1) is 11.1. The normalized spacial score (nSPS) is 21.3. The van der Waals surface area contributed by atoms with Crippen molar-refractivity contribution >= 4 is 25.8 Å². The fourth-order valence-electron chi connectivity index (χ4n) is 2.39. The minimum Gasteiger partial charge on any atom is -0.350 e. The lowest BCUT2D eigenvalue weighted by molar-refractivity contribution is 0.0939. The van der Waals surface area contributed by atoms with E-state index in [4.69, 9.17) is 0 Å². The maximum Gasteiger partial charge on any atom is 0.251 e. The molecule has 1 aromatic rings. The molecule has 7 nitrogen and oxygen atoms in total. The summed E-state index contributed by atoms with van der Waals surface area (Å²) in [6.45, 7) is 3.80. The third kappa shape index (κ3) is 4.78. The highest BCUT2D eigenvalue weighted by Crippen LogP contribution is 2.17. The fraction of sp³-hybridized carbons (Fsp3) is 0.533. The minimum absolute atomic E-state index is 0.0143. The van der Waals surface area contributed by atoms with E-state index in [-0.39, 0.29) is 40.3 Å². The second kappa shape index (κ2) is 7.20. The molecule has 0 aliphatic carbocycles. The van der Waals surface area contributed by atoms with Gasteiger partial charge < -0.3 is 5.32 Å². The summed E-state index contributed by atoms with van der Waals surface area (Å²) >= 11 is 0. The minimum atomic E-state index is -3.88. The Morgan fingerprint density at radius 1 is 1.38 bits per heavy atom. The molecule has 0 spiro atoms. The lowest BCUT2D eigenvalue weighted by Crippen LogP contribution is -2.36. The van der Waals surface area contributed by atoms with E-state index in [2.05, 4.69) is 10.0 Å².